The van der Waals surface area contributed by atoms with Crippen molar-refractivity contribution in [3.8, 4) is 0 Å². The Bertz CT molecular complexity index is 697. The number of carbonyl (C=O) groups excluding carboxylic acids is 1. The SMILES string of the molecule is CCC1OC(=O)C(C)C(OC2CC(C)C(O)C(C)C2)C(C)C[C@@H](C)C[C@@H](C)[C](=[V])[C@H](C)C[C@]1(C)O. The third kappa shape index (κ3) is 8.14. The molecule has 1 saturated carbocycles. The van der Waals surface area contributed by atoms with Crippen molar-refractivity contribution in [1.82, 2.24) is 0 Å². The van der Waals surface area contributed by atoms with E-state index in [1.165, 1.54) is 4.23 Å². The second-order valence-corrected chi connectivity index (χ2v) is 13.4. The van der Waals surface area contributed by atoms with Crippen molar-refractivity contribution in [2.45, 2.75) is 131 Å². The molecular formula is C29H52O5V. The van der Waals surface area contributed by atoms with Gasteiger partial charge >= 0.3 is 219 Å². The molecule has 1 aliphatic heterocycles. The summed E-state index contributed by atoms with van der Waals surface area (Å²) in [4.78, 5) is 13.4. The summed E-state index contributed by atoms with van der Waals surface area (Å²) < 4.78 is 14.1. The summed E-state index contributed by atoms with van der Waals surface area (Å²) in [5.74, 6) is 0.976. The number of cyclic esters (lactones) is 1. The molecule has 1 saturated heterocycles. The Morgan fingerprint density at radius 2 is 1.54 bits per heavy atom. The Morgan fingerprint density at radius 1 is 0.971 bits per heavy atom. The van der Waals surface area contributed by atoms with E-state index >= 15 is 0 Å². The molecule has 0 bridgehead atoms. The van der Waals surface area contributed by atoms with Gasteiger partial charge < -0.3 is 5.11 Å². The fourth-order valence-electron chi connectivity index (χ4n) is 6.81. The van der Waals surface area contributed by atoms with Crippen LogP contribution >= 0.6 is 0 Å². The Balaban J connectivity index is 2.34. The van der Waals surface area contributed by atoms with Crippen LogP contribution in [0.15, 0.2) is 0 Å². The van der Waals surface area contributed by atoms with Crippen LogP contribution in [0.25, 0.3) is 0 Å². The van der Waals surface area contributed by atoms with Gasteiger partial charge in [0.05, 0.1) is 0 Å². The molecule has 2 N–H and O–H groups in total. The van der Waals surface area contributed by atoms with Crippen molar-refractivity contribution in [3.63, 3.8) is 0 Å². The van der Waals surface area contributed by atoms with Crippen molar-refractivity contribution in [2.75, 3.05) is 0 Å². The molecule has 6 unspecified atom stereocenters. The van der Waals surface area contributed by atoms with E-state index in [2.05, 4.69) is 58.5 Å². The predicted molar refractivity (Wildman–Crippen MR) is 138 cm³/mol. The molecule has 0 aromatic heterocycles. The van der Waals surface area contributed by atoms with Crippen molar-refractivity contribution < 1.29 is 41.5 Å². The number of hydrogen-bond acceptors (Lipinski definition) is 5. The molecule has 2 fully saturated rings. The Hall–Kier alpha value is -0.196. The average Bonchev–Trinajstić information content (AvgIpc) is 2.76. The molecule has 0 radical (unpaired) electrons. The van der Waals surface area contributed by atoms with Crippen LogP contribution in [0.5, 0.6) is 0 Å². The predicted octanol–water partition coefficient (Wildman–Crippen LogP) is 5.32. The fraction of sp³-hybridized carbons (Fsp3) is 0.931. The first kappa shape index (κ1) is 31.0. The van der Waals surface area contributed by atoms with Crippen LogP contribution in [0, 0.1) is 41.4 Å². The van der Waals surface area contributed by atoms with E-state index in [9.17, 15) is 15.0 Å². The van der Waals surface area contributed by atoms with Gasteiger partial charge in [0, 0.05) is 0 Å². The number of aliphatic hydroxyl groups is 2. The summed E-state index contributed by atoms with van der Waals surface area (Å²) in [7, 11) is 0. The van der Waals surface area contributed by atoms with Gasteiger partial charge in [0.1, 0.15) is 0 Å². The van der Waals surface area contributed by atoms with Crippen LogP contribution in [0.4, 0.5) is 0 Å². The monoisotopic (exact) mass is 531 g/mol. The molecule has 10 atom stereocenters. The molecule has 0 aromatic carbocycles. The van der Waals surface area contributed by atoms with Gasteiger partial charge in [-0.3, -0.25) is 0 Å². The summed E-state index contributed by atoms with van der Waals surface area (Å²) in [5, 5.41) is 21.8. The van der Waals surface area contributed by atoms with Gasteiger partial charge in [-0.25, -0.2) is 0 Å². The first-order valence-corrected chi connectivity index (χ1v) is 14.7. The van der Waals surface area contributed by atoms with E-state index in [0.717, 1.165) is 25.7 Å². The molecule has 5 nitrogen and oxygen atoms in total. The molecule has 2 rings (SSSR count). The van der Waals surface area contributed by atoms with Gasteiger partial charge in [-0.1, -0.05) is 0 Å². The van der Waals surface area contributed by atoms with Crippen LogP contribution in [0.3, 0.4) is 0 Å². The van der Waals surface area contributed by atoms with E-state index in [1.54, 1.807) is 0 Å². The van der Waals surface area contributed by atoms with Crippen molar-refractivity contribution >= 4 is 10.2 Å². The first-order valence-electron chi connectivity index (χ1n) is 14.0. The van der Waals surface area contributed by atoms with E-state index in [-0.39, 0.29) is 48.0 Å². The van der Waals surface area contributed by atoms with Crippen LogP contribution in [-0.4, -0.2) is 50.4 Å². The normalized spacial score (nSPS) is 47.1. The average molecular weight is 532 g/mol. The fourth-order valence-corrected chi connectivity index (χ4v) is 7.11. The zero-order valence-electron chi connectivity index (χ0n) is 23.7. The van der Waals surface area contributed by atoms with Crippen LogP contribution in [0.2, 0.25) is 0 Å². The topological polar surface area (TPSA) is 76.0 Å². The molecule has 203 valence electrons. The standard InChI is InChI=1S/C29H52O5.V/c1-10-25-29(9,32)16-19(4)12-17(2)11-18(3)13-22(7)27(23(8)28(31)34-25)33-24-14-20(5)26(30)21(6)15-24;/h17-27,30,32H,10-11,13-16H2,1-9H3;/t17-,18+,19+,20?,21?,22?,23?,24?,25?,26?,27?,29+;/m1./s1. The number of hydrogen-bond donors (Lipinski definition) is 2. The number of rotatable bonds is 3. The van der Waals surface area contributed by atoms with Crippen molar-refractivity contribution in [3.05, 3.63) is 0 Å². The van der Waals surface area contributed by atoms with Gasteiger partial charge in [0.2, 0.25) is 0 Å². The molecule has 0 amide bonds. The molecular weight excluding hydrogens is 479 g/mol. The zero-order chi connectivity index (χ0) is 26.7. The van der Waals surface area contributed by atoms with Gasteiger partial charge in [0.25, 0.3) is 0 Å². The minimum absolute atomic E-state index is 0.0259. The molecule has 0 spiro atoms. The Labute approximate surface area is 223 Å². The zero-order valence-corrected chi connectivity index (χ0v) is 25.1. The van der Waals surface area contributed by atoms with Crippen LogP contribution < -0.4 is 0 Å². The summed E-state index contributed by atoms with van der Waals surface area (Å²) in [5.41, 5.74) is -1.10. The summed E-state index contributed by atoms with van der Waals surface area (Å²) >= 11 is 2.76. The summed E-state index contributed by atoms with van der Waals surface area (Å²) in [6.07, 6.45) is 3.71. The Morgan fingerprint density at radius 3 is 2.09 bits per heavy atom. The Kier molecular flexibility index (Phi) is 11.6. The number of carbonyl (C=O) groups is 1. The second-order valence-electron chi connectivity index (χ2n) is 12.6. The van der Waals surface area contributed by atoms with Crippen molar-refractivity contribution in [1.29, 1.82) is 0 Å². The third-order valence-electron chi connectivity index (χ3n) is 8.79. The number of esters is 1. The summed E-state index contributed by atoms with van der Waals surface area (Å²) in [6.45, 7) is 18.8. The number of ether oxygens (including phenoxy) is 2. The molecule has 1 aliphatic carbocycles. The number of aliphatic hydroxyl groups excluding tert-OH is 1. The molecule has 0 aromatic rings. The summed E-state index contributed by atoms with van der Waals surface area (Å²) in [6, 6.07) is 0. The first-order chi connectivity index (χ1) is 16.2. The van der Waals surface area contributed by atoms with Gasteiger partial charge in [-0.15, -0.1) is 0 Å². The molecule has 2 aliphatic rings. The van der Waals surface area contributed by atoms with Crippen LogP contribution in [0.1, 0.15) is 101 Å². The maximum atomic E-state index is 13.4. The maximum absolute atomic E-state index is 13.4. The van der Waals surface area contributed by atoms with Gasteiger partial charge in [0.15, 0.2) is 0 Å². The second kappa shape index (κ2) is 13.0. The molecule has 35 heavy (non-hydrogen) atoms. The van der Waals surface area contributed by atoms with Gasteiger partial charge in [-0.05, 0) is 0 Å². The van der Waals surface area contributed by atoms with E-state index in [0.29, 0.717) is 24.7 Å². The van der Waals surface area contributed by atoms with Gasteiger partial charge in [-0.2, -0.15) is 0 Å². The minimum atomic E-state index is -1.10. The molecule has 6 heteroatoms. The van der Waals surface area contributed by atoms with Crippen molar-refractivity contribution in [2.24, 2.45) is 41.4 Å². The molecule has 1 heterocycles. The quantitative estimate of drug-likeness (QED) is 0.482. The third-order valence-corrected chi connectivity index (χ3v) is 10.2. The van der Waals surface area contributed by atoms with E-state index in [4.69, 9.17) is 9.47 Å². The van der Waals surface area contributed by atoms with Crippen LogP contribution in [-0.2, 0) is 31.2 Å². The van der Waals surface area contributed by atoms with E-state index < -0.39 is 17.6 Å². The van der Waals surface area contributed by atoms with E-state index in [1.807, 2.05) is 20.8 Å².